The fourth-order valence-corrected chi connectivity index (χ4v) is 2.88. The van der Waals surface area contributed by atoms with Gasteiger partial charge in [0.15, 0.2) is 0 Å². The second-order valence-corrected chi connectivity index (χ2v) is 6.57. The summed E-state index contributed by atoms with van der Waals surface area (Å²) >= 11 is 0. The maximum Gasteiger partial charge on any atom is 0.287 e. The van der Waals surface area contributed by atoms with Gasteiger partial charge < -0.3 is 4.74 Å². The van der Waals surface area contributed by atoms with Gasteiger partial charge in [-0.05, 0) is 58.3 Å². The number of nitro groups is 1. The zero-order chi connectivity index (χ0) is 20.8. The van der Waals surface area contributed by atoms with Crippen molar-refractivity contribution in [3.05, 3.63) is 106 Å². The fourth-order valence-electron chi connectivity index (χ4n) is 2.88. The van der Waals surface area contributed by atoms with Gasteiger partial charge in [-0.2, -0.15) is 5.10 Å². The van der Waals surface area contributed by atoms with Gasteiger partial charge in [-0.15, -0.1) is 0 Å². The minimum absolute atomic E-state index is 0.0659. The van der Waals surface area contributed by atoms with E-state index in [0.717, 1.165) is 16.9 Å². The second kappa shape index (κ2) is 8.83. The van der Waals surface area contributed by atoms with Gasteiger partial charge in [0.1, 0.15) is 24.4 Å². The molecule has 7 heteroatoms. The number of nitrogens with one attached hydrogen (secondary N) is 1. The van der Waals surface area contributed by atoms with E-state index in [-0.39, 0.29) is 5.69 Å². The predicted octanol–water partition coefficient (Wildman–Crippen LogP) is 5.17. The van der Waals surface area contributed by atoms with E-state index in [0.29, 0.717) is 12.4 Å². The van der Waals surface area contributed by atoms with E-state index in [9.17, 15) is 10.1 Å². The standard InChI is InChI=1S/C23H18N4O3/c28-27(29)21-9-12-23(24-15-21)26-25-14-17-6-10-22(11-7-17)30-16-18-5-8-19-3-1-2-4-20(19)13-18/h1-15H,16H2,(H,24,26)/b25-14-. The highest BCUT2D eigenvalue weighted by molar-refractivity contribution is 5.83. The summed E-state index contributed by atoms with van der Waals surface area (Å²) in [6, 6.07) is 25.0. The highest BCUT2D eigenvalue weighted by Gasteiger charge is 2.04. The van der Waals surface area contributed by atoms with Gasteiger partial charge >= 0.3 is 0 Å². The third kappa shape index (κ3) is 4.77. The molecule has 0 fully saturated rings. The first kappa shape index (κ1) is 19.1. The summed E-state index contributed by atoms with van der Waals surface area (Å²) in [5.74, 6) is 1.19. The number of hydrogen-bond donors (Lipinski definition) is 1. The Morgan fingerprint density at radius 1 is 1.00 bits per heavy atom. The zero-order valence-corrected chi connectivity index (χ0v) is 15.9. The molecule has 0 saturated carbocycles. The van der Waals surface area contributed by atoms with E-state index in [4.69, 9.17) is 4.74 Å². The lowest BCUT2D eigenvalue weighted by Crippen LogP contribution is -1.96. The third-order valence-electron chi connectivity index (χ3n) is 4.45. The molecule has 4 aromatic rings. The van der Waals surface area contributed by atoms with Crippen LogP contribution in [0.1, 0.15) is 11.1 Å². The van der Waals surface area contributed by atoms with Crippen molar-refractivity contribution in [1.82, 2.24) is 4.98 Å². The number of ether oxygens (including phenoxy) is 1. The maximum atomic E-state index is 10.6. The molecule has 0 spiro atoms. The number of benzene rings is 3. The number of anilines is 1. The molecule has 0 radical (unpaired) electrons. The molecule has 4 rings (SSSR count). The highest BCUT2D eigenvalue weighted by Crippen LogP contribution is 2.18. The second-order valence-electron chi connectivity index (χ2n) is 6.57. The van der Waals surface area contributed by atoms with Gasteiger partial charge in [-0.1, -0.05) is 36.4 Å². The van der Waals surface area contributed by atoms with Crippen LogP contribution < -0.4 is 10.2 Å². The van der Waals surface area contributed by atoms with E-state index in [1.54, 1.807) is 6.21 Å². The molecular formula is C23H18N4O3. The van der Waals surface area contributed by atoms with E-state index in [1.165, 1.54) is 29.1 Å². The molecule has 0 saturated heterocycles. The summed E-state index contributed by atoms with van der Waals surface area (Å²) in [4.78, 5) is 14.1. The summed E-state index contributed by atoms with van der Waals surface area (Å²) < 4.78 is 5.88. The largest absolute Gasteiger partial charge is 0.489 e. The van der Waals surface area contributed by atoms with Gasteiger partial charge in [0.2, 0.25) is 0 Å². The Balaban J connectivity index is 1.31. The first-order valence-corrected chi connectivity index (χ1v) is 9.27. The summed E-state index contributed by atoms with van der Waals surface area (Å²) in [6.45, 7) is 0.492. The van der Waals surface area contributed by atoms with Crippen LogP contribution in [0, 0.1) is 10.1 Å². The quantitative estimate of drug-likeness (QED) is 0.264. The highest BCUT2D eigenvalue weighted by atomic mass is 16.6. The first-order valence-electron chi connectivity index (χ1n) is 9.27. The number of rotatable bonds is 7. The minimum Gasteiger partial charge on any atom is -0.489 e. The Kier molecular flexibility index (Phi) is 5.61. The van der Waals surface area contributed by atoms with Gasteiger partial charge in [-0.25, -0.2) is 4.98 Å². The van der Waals surface area contributed by atoms with Crippen LogP contribution in [0.4, 0.5) is 11.5 Å². The van der Waals surface area contributed by atoms with E-state index in [2.05, 4.69) is 45.8 Å². The minimum atomic E-state index is -0.496. The molecule has 148 valence electrons. The molecule has 1 heterocycles. The van der Waals surface area contributed by atoms with Crippen LogP contribution in [0.25, 0.3) is 10.8 Å². The Morgan fingerprint density at radius 3 is 2.53 bits per heavy atom. The summed E-state index contributed by atoms with van der Waals surface area (Å²) in [5, 5.41) is 17.1. The van der Waals surface area contributed by atoms with E-state index in [1.807, 2.05) is 36.4 Å². The molecule has 3 aromatic carbocycles. The van der Waals surface area contributed by atoms with Crippen LogP contribution in [-0.2, 0) is 6.61 Å². The molecule has 7 nitrogen and oxygen atoms in total. The predicted molar refractivity (Wildman–Crippen MR) is 117 cm³/mol. The molecule has 0 bridgehead atoms. The number of nitrogens with zero attached hydrogens (tertiary/aromatic N) is 3. The first-order chi connectivity index (χ1) is 14.7. The lowest BCUT2D eigenvalue weighted by Gasteiger charge is -2.07. The third-order valence-corrected chi connectivity index (χ3v) is 4.45. The topological polar surface area (TPSA) is 89.7 Å². The smallest absolute Gasteiger partial charge is 0.287 e. The fraction of sp³-hybridized carbons (Fsp3) is 0.0435. The number of aromatic nitrogens is 1. The Bertz CT molecular complexity index is 1190. The van der Waals surface area contributed by atoms with E-state index < -0.39 is 4.92 Å². The van der Waals surface area contributed by atoms with Gasteiger partial charge in [-0.3, -0.25) is 15.5 Å². The number of hydrogen-bond acceptors (Lipinski definition) is 6. The molecule has 0 aliphatic heterocycles. The molecule has 30 heavy (non-hydrogen) atoms. The molecule has 0 atom stereocenters. The normalized spacial score (nSPS) is 10.9. The van der Waals surface area contributed by atoms with Gasteiger partial charge in [0.05, 0.1) is 11.1 Å². The number of fused-ring (bicyclic) bond motifs is 1. The van der Waals surface area contributed by atoms with Crippen molar-refractivity contribution in [2.45, 2.75) is 6.61 Å². The molecule has 0 aliphatic rings. The monoisotopic (exact) mass is 398 g/mol. The van der Waals surface area contributed by atoms with Crippen LogP contribution in [0.3, 0.4) is 0 Å². The molecule has 0 unspecified atom stereocenters. The van der Waals surface area contributed by atoms with Crippen molar-refractivity contribution in [2.75, 3.05) is 5.43 Å². The lowest BCUT2D eigenvalue weighted by atomic mass is 10.1. The molecule has 1 aromatic heterocycles. The van der Waals surface area contributed by atoms with Gasteiger partial charge in [0.25, 0.3) is 5.69 Å². The Labute approximate surface area is 172 Å². The van der Waals surface area contributed by atoms with Crippen molar-refractivity contribution in [3.63, 3.8) is 0 Å². The molecular weight excluding hydrogens is 380 g/mol. The van der Waals surface area contributed by atoms with Crippen LogP contribution >= 0.6 is 0 Å². The van der Waals surface area contributed by atoms with Crippen molar-refractivity contribution in [3.8, 4) is 5.75 Å². The van der Waals surface area contributed by atoms with Crippen molar-refractivity contribution >= 4 is 28.5 Å². The summed E-state index contributed by atoms with van der Waals surface area (Å²) in [5.41, 5.74) is 4.66. The van der Waals surface area contributed by atoms with E-state index >= 15 is 0 Å². The molecule has 0 aliphatic carbocycles. The number of pyridine rings is 1. The van der Waals surface area contributed by atoms with Crippen LogP contribution in [-0.4, -0.2) is 16.1 Å². The molecule has 0 amide bonds. The average molecular weight is 398 g/mol. The number of hydrazone groups is 1. The van der Waals surface area contributed by atoms with Crippen molar-refractivity contribution in [1.29, 1.82) is 0 Å². The zero-order valence-electron chi connectivity index (χ0n) is 15.9. The summed E-state index contributed by atoms with van der Waals surface area (Å²) in [6.07, 6.45) is 2.82. The van der Waals surface area contributed by atoms with Crippen LogP contribution in [0.2, 0.25) is 0 Å². The summed E-state index contributed by atoms with van der Waals surface area (Å²) in [7, 11) is 0. The average Bonchev–Trinajstić information content (AvgIpc) is 2.79. The van der Waals surface area contributed by atoms with Crippen LogP contribution in [0.15, 0.2) is 90.2 Å². The maximum absolute atomic E-state index is 10.6. The lowest BCUT2D eigenvalue weighted by molar-refractivity contribution is -0.385. The van der Waals surface area contributed by atoms with Crippen molar-refractivity contribution in [2.24, 2.45) is 5.10 Å². The van der Waals surface area contributed by atoms with Gasteiger partial charge in [0, 0.05) is 6.07 Å². The Hall–Kier alpha value is -4.26. The van der Waals surface area contributed by atoms with Crippen LogP contribution in [0.5, 0.6) is 5.75 Å². The SMILES string of the molecule is O=[N+]([O-])c1ccc(N/N=C\c2ccc(OCc3ccc4ccccc4c3)cc2)nc1. The Morgan fingerprint density at radius 2 is 1.80 bits per heavy atom. The van der Waals surface area contributed by atoms with Crippen molar-refractivity contribution < 1.29 is 9.66 Å². The molecule has 1 N–H and O–H groups in total.